The summed E-state index contributed by atoms with van der Waals surface area (Å²) in [6.07, 6.45) is 0.591. The van der Waals surface area contributed by atoms with Crippen LogP contribution >= 0.6 is 11.6 Å². The van der Waals surface area contributed by atoms with E-state index in [1.165, 1.54) is 0 Å². The van der Waals surface area contributed by atoms with E-state index in [0.717, 1.165) is 5.56 Å². The van der Waals surface area contributed by atoms with Crippen molar-refractivity contribution in [2.45, 2.75) is 6.92 Å². The molecule has 0 aliphatic rings. The molecule has 0 amide bonds. The molecule has 3 nitrogen and oxygen atoms in total. The Labute approximate surface area is 69.2 Å². The van der Waals surface area contributed by atoms with Crippen LogP contribution in [0.4, 0.5) is 5.69 Å². The van der Waals surface area contributed by atoms with Crippen molar-refractivity contribution in [2.75, 3.05) is 5.73 Å². The molecule has 1 heterocycles. The van der Waals surface area contributed by atoms with E-state index in [1.54, 1.807) is 13.0 Å². The van der Waals surface area contributed by atoms with Crippen molar-refractivity contribution in [2.24, 2.45) is 0 Å². The van der Waals surface area contributed by atoms with Crippen LogP contribution in [0.3, 0.4) is 0 Å². The predicted octanol–water partition coefficient (Wildman–Crippen LogP) is 1.44. The summed E-state index contributed by atoms with van der Waals surface area (Å²) in [6.45, 7) is 1.77. The lowest BCUT2D eigenvalue weighted by molar-refractivity contribution is 0.112. The average Bonchev–Trinajstić information content (AvgIpc) is 1.96. The first-order valence-electron chi connectivity index (χ1n) is 3.03. The molecule has 0 radical (unpaired) electrons. The van der Waals surface area contributed by atoms with Gasteiger partial charge in [0.15, 0.2) is 6.29 Å². The highest BCUT2D eigenvalue weighted by molar-refractivity contribution is 6.29. The standard InChI is InChI=1S/C7H7ClN2O/c1-4-2-6(8)10-5(3-11)7(4)9/h2-3H,9H2,1H3. The van der Waals surface area contributed by atoms with E-state index in [2.05, 4.69) is 4.98 Å². The summed E-state index contributed by atoms with van der Waals surface area (Å²) in [5, 5.41) is 0.291. The lowest BCUT2D eigenvalue weighted by atomic mass is 10.2. The highest BCUT2D eigenvalue weighted by atomic mass is 35.5. The fourth-order valence-electron chi connectivity index (χ4n) is 0.756. The summed E-state index contributed by atoms with van der Waals surface area (Å²) in [5.74, 6) is 0. The van der Waals surface area contributed by atoms with Crippen molar-refractivity contribution >= 4 is 23.6 Å². The maximum absolute atomic E-state index is 10.3. The minimum Gasteiger partial charge on any atom is -0.397 e. The predicted molar refractivity (Wildman–Crippen MR) is 43.8 cm³/mol. The molecule has 0 aromatic carbocycles. The number of carbonyl (C=O) groups is 1. The number of nitrogens with two attached hydrogens (primary N) is 1. The third-order valence-corrected chi connectivity index (χ3v) is 1.57. The van der Waals surface area contributed by atoms with Gasteiger partial charge in [0, 0.05) is 0 Å². The van der Waals surface area contributed by atoms with Gasteiger partial charge in [0.05, 0.1) is 5.69 Å². The second-order valence-corrected chi connectivity index (χ2v) is 2.57. The number of pyridine rings is 1. The lowest BCUT2D eigenvalue weighted by Gasteiger charge is -2.01. The second-order valence-electron chi connectivity index (χ2n) is 2.18. The van der Waals surface area contributed by atoms with Gasteiger partial charge in [-0.2, -0.15) is 0 Å². The van der Waals surface area contributed by atoms with Crippen LogP contribution in [0.1, 0.15) is 16.1 Å². The van der Waals surface area contributed by atoms with Crippen molar-refractivity contribution < 1.29 is 4.79 Å². The van der Waals surface area contributed by atoms with Crippen LogP contribution < -0.4 is 5.73 Å². The number of rotatable bonds is 1. The van der Waals surface area contributed by atoms with Crippen molar-refractivity contribution in [3.05, 3.63) is 22.5 Å². The average molecular weight is 171 g/mol. The van der Waals surface area contributed by atoms with Crippen molar-refractivity contribution in [1.29, 1.82) is 0 Å². The van der Waals surface area contributed by atoms with Crippen LogP contribution in [0.25, 0.3) is 0 Å². The number of halogens is 1. The third-order valence-electron chi connectivity index (χ3n) is 1.38. The van der Waals surface area contributed by atoms with Crippen molar-refractivity contribution in [3.63, 3.8) is 0 Å². The largest absolute Gasteiger partial charge is 0.397 e. The molecule has 2 N–H and O–H groups in total. The number of aldehydes is 1. The Morgan fingerprint density at radius 3 is 2.91 bits per heavy atom. The number of nitrogen functional groups attached to an aromatic ring is 1. The van der Waals surface area contributed by atoms with Gasteiger partial charge in [-0.05, 0) is 18.6 Å². The van der Waals surface area contributed by atoms with Crippen LogP contribution in [0, 0.1) is 6.92 Å². The molecule has 1 aromatic heterocycles. The molecule has 0 aliphatic heterocycles. The molecular weight excluding hydrogens is 164 g/mol. The van der Waals surface area contributed by atoms with Crippen molar-refractivity contribution in [1.82, 2.24) is 4.98 Å². The number of hydrogen-bond acceptors (Lipinski definition) is 3. The van der Waals surface area contributed by atoms with Crippen LogP contribution in [-0.2, 0) is 0 Å². The monoisotopic (exact) mass is 170 g/mol. The van der Waals surface area contributed by atoms with Crippen LogP contribution in [-0.4, -0.2) is 11.3 Å². The zero-order valence-electron chi connectivity index (χ0n) is 5.97. The van der Waals surface area contributed by atoms with E-state index >= 15 is 0 Å². The minimum atomic E-state index is 0.204. The summed E-state index contributed by atoms with van der Waals surface area (Å²) in [7, 11) is 0. The van der Waals surface area contributed by atoms with Gasteiger partial charge in [-0.1, -0.05) is 11.6 Å². The van der Waals surface area contributed by atoms with E-state index in [9.17, 15) is 4.79 Å². The first-order valence-corrected chi connectivity index (χ1v) is 3.40. The first kappa shape index (κ1) is 8.01. The molecule has 58 valence electrons. The first-order chi connectivity index (χ1) is 5.15. The molecule has 0 bridgehead atoms. The zero-order valence-corrected chi connectivity index (χ0v) is 6.72. The Morgan fingerprint density at radius 1 is 1.73 bits per heavy atom. The summed E-state index contributed by atoms with van der Waals surface area (Å²) < 4.78 is 0. The van der Waals surface area contributed by atoms with Gasteiger partial charge in [0.1, 0.15) is 10.8 Å². The second kappa shape index (κ2) is 2.88. The maximum atomic E-state index is 10.3. The number of anilines is 1. The SMILES string of the molecule is Cc1cc(Cl)nc(C=O)c1N. The van der Waals surface area contributed by atoms with Crippen molar-refractivity contribution in [3.8, 4) is 0 Å². The molecule has 1 aromatic rings. The third kappa shape index (κ3) is 1.49. The lowest BCUT2D eigenvalue weighted by Crippen LogP contribution is -1.99. The molecule has 0 saturated heterocycles. The number of nitrogens with zero attached hydrogens (tertiary/aromatic N) is 1. The Kier molecular flexibility index (Phi) is 2.10. The molecule has 11 heavy (non-hydrogen) atoms. The van der Waals surface area contributed by atoms with E-state index in [-0.39, 0.29) is 5.69 Å². The summed E-state index contributed by atoms with van der Waals surface area (Å²) in [5.41, 5.74) is 6.88. The van der Waals surface area contributed by atoms with E-state index in [1.807, 2.05) is 0 Å². The Bertz CT molecular complexity index is 299. The molecule has 0 atom stereocenters. The molecule has 4 heteroatoms. The topological polar surface area (TPSA) is 56.0 Å². The fourth-order valence-corrected chi connectivity index (χ4v) is 1.01. The number of carbonyl (C=O) groups excluding carboxylic acids is 1. The summed E-state index contributed by atoms with van der Waals surface area (Å²) in [4.78, 5) is 14.1. The number of hydrogen-bond donors (Lipinski definition) is 1. The molecule has 1 rings (SSSR count). The zero-order chi connectivity index (χ0) is 8.43. The molecule has 0 fully saturated rings. The Morgan fingerprint density at radius 2 is 2.36 bits per heavy atom. The number of aryl methyl sites for hydroxylation is 1. The van der Waals surface area contributed by atoms with Gasteiger partial charge in [-0.15, -0.1) is 0 Å². The van der Waals surface area contributed by atoms with E-state index in [4.69, 9.17) is 17.3 Å². The quantitative estimate of drug-likeness (QED) is 0.513. The minimum absolute atomic E-state index is 0.204. The molecule has 0 unspecified atom stereocenters. The smallest absolute Gasteiger partial charge is 0.170 e. The van der Waals surface area contributed by atoms with Crippen LogP contribution in [0.2, 0.25) is 5.15 Å². The van der Waals surface area contributed by atoms with Gasteiger partial charge in [0.25, 0.3) is 0 Å². The van der Waals surface area contributed by atoms with E-state index < -0.39 is 0 Å². The van der Waals surface area contributed by atoms with Gasteiger partial charge in [-0.25, -0.2) is 4.98 Å². The summed E-state index contributed by atoms with van der Waals surface area (Å²) in [6, 6.07) is 1.61. The Hall–Kier alpha value is -1.09. The van der Waals surface area contributed by atoms with Crippen LogP contribution in [0.15, 0.2) is 6.07 Å². The van der Waals surface area contributed by atoms with Gasteiger partial charge < -0.3 is 5.73 Å². The Balaban J connectivity index is 3.35. The summed E-state index contributed by atoms with van der Waals surface area (Å²) >= 11 is 5.58. The van der Waals surface area contributed by atoms with E-state index in [0.29, 0.717) is 17.1 Å². The molecule has 0 saturated carbocycles. The van der Waals surface area contributed by atoms with Gasteiger partial charge in [0.2, 0.25) is 0 Å². The highest BCUT2D eigenvalue weighted by Gasteiger charge is 2.03. The van der Waals surface area contributed by atoms with Gasteiger partial charge in [-0.3, -0.25) is 4.79 Å². The molecular formula is C7H7ClN2O. The normalized spacial score (nSPS) is 9.64. The maximum Gasteiger partial charge on any atom is 0.170 e. The molecule has 0 aliphatic carbocycles. The highest BCUT2D eigenvalue weighted by Crippen LogP contribution is 2.17. The fraction of sp³-hybridized carbons (Fsp3) is 0.143. The van der Waals surface area contributed by atoms with Crippen LogP contribution in [0.5, 0.6) is 0 Å². The molecule has 0 spiro atoms. The number of aromatic nitrogens is 1. The van der Waals surface area contributed by atoms with Gasteiger partial charge >= 0.3 is 0 Å².